The van der Waals surface area contributed by atoms with E-state index < -0.39 is 0 Å². The second-order valence-corrected chi connectivity index (χ2v) is 16.1. The molecule has 0 aliphatic rings. The highest BCUT2D eigenvalue weighted by molar-refractivity contribution is 7.43. The fraction of sp³-hybridized carbons (Fsp3) is 0.0588. The van der Waals surface area contributed by atoms with Crippen LogP contribution in [-0.4, -0.2) is 9.67 Å². The van der Waals surface area contributed by atoms with Crippen molar-refractivity contribution in [3.63, 3.8) is 0 Å². The second kappa shape index (κ2) is 7.88. The number of phenols is 1. The molecule has 4 aromatic carbocycles. The predicted molar refractivity (Wildman–Crippen MR) is 186 cm³/mol. The summed E-state index contributed by atoms with van der Waals surface area (Å²) in [6.45, 7) is 4.34. The molecular formula is C34H19NOS5. The van der Waals surface area contributed by atoms with Crippen LogP contribution in [0.2, 0.25) is 0 Å². The van der Waals surface area contributed by atoms with Crippen molar-refractivity contribution in [1.82, 2.24) is 4.57 Å². The van der Waals surface area contributed by atoms with Crippen LogP contribution in [0.3, 0.4) is 0 Å². The standard InChI is InChI=1S/C34H19NOS5/c1-15-3-6-17(7-4-15)35-23-11-16(2)5-9-19(23)28-27(35)32-30(40-28)21-13-26-22(14-25(21)37-32)31-34(39-26)33-29(41-31)20-10-8-18(36)12-24(20)38-33/h3-14,36H,1-2H3. The zero-order chi connectivity index (χ0) is 27.1. The average molecular weight is 618 g/mol. The first kappa shape index (κ1) is 23.1. The molecule has 0 saturated carbocycles. The first-order valence-corrected chi connectivity index (χ1v) is 17.5. The summed E-state index contributed by atoms with van der Waals surface area (Å²) >= 11 is 9.53. The Morgan fingerprint density at radius 2 is 1.07 bits per heavy atom. The van der Waals surface area contributed by atoms with E-state index in [1.165, 1.54) is 91.7 Å². The Hall–Kier alpha value is -3.46. The van der Waals surface area contributed by atoms with Crippen LogP contribution in [0, 0.1) is 13.8 Å². The molecule has 41 heavy (non-hydrogen) atoms. The van der Waals surface area contributed by atoms with Gasteiger partial charge in [-0.1, -0.05) is 29.8 Å². The molecule has 10 aromatic rings. The Kier molecular flexibility index (Phi) is 4.45. The van der Waals surface area contributed by atoms with Gasteiger partial charge in [-0.05, 0) is 67.9 Å². The van der Waals surface area contributed by atoms with Crippen molar-refractivity contribution in [3.8, 4) is 11.4 Å². The summed E-state index contributed by atoms with van der Waals surface area (Å²) in [6, 6.07) is 26.5. The van der Waals surface area contributed by atoms with Gasteiger partial charge in [-0.15, -0.1) is 56.7 Å². The minimum absolute atomic E-state index is 0.338. The smallest absolute Gasteiger partial charge is 0.117 e. The summed E-state index contributed by atoms with van der Waals surface area (Å²) in [7, 11) is 0. The number of rotatable bonds is 1. The first-order valence-electron chi connectivity index (χ1n) is 13.4. The van der Waals surface area contributed by atoms with Crippen molar-refractivity contribution >= 4 is 136 Å². The van der Waals surface area contributed by atoms with Gasteiger partial charge in [-0.2, -0.15) is 0 Å². The lowest BCUT2D eigenvalue weighted by Crippen LogP contribution is -1.93. The fourth-order valence-corrected chi connectivity index (χ4v) is 13.4. The molecule has 6 aromatic heterocycles. The quantitative estimate of drug-likeness (QED) is 0.195. The van der Waals surface area contributed by atoms with Gasteiger partial charge in [0, 0.05) is 41.3 Å². The number of thiophene rings is 5. The Bertz CT molecular complexity index is 2720. The van der Waals surface area contributed by atoms with Crippen molar-refractivity contribution in [3.05, 3.63) is 83.9 Å². The lowest BCUT2D eigenvalue weighted by Gasteiger charge is -2.08. The summed E-state index contributed by atoms with van der Waals surface area (Å²) in [5.74, 6) is 0.338. The normalized spacial score (nSPS) is 12.7. The molecule has 0 spiro atoms. The van der Waals surface area contributed by atoms with Gasteiger partial charge in [0.05, 0.1) is 43.9 Å². The number of fused-ring (bicyclic) bond motifs is 14. The number of hydrogen-bond acceptors (Lipinski definition) is 6. The second-order valence-electron chi connectivity index (χ2n) is 10.9. The maximum Gasteiger partial charge on any atom is 0.117 e. The van der Waals surface area contributed by atoms with E-state index >= 15 is 0 Å². The molecule has 0 aliphatic carbocycles. The Balaban J connectivity index is 1.29. The van der Waals surface area contributed by atoms with E-state index in [9.17, 15) is 5.11 Å². The maximum absolute atomic E-state index is 10.0. The van der Waals surface area contributed by atoms with E-state index in [0.717, 1.165) is 4.70 Å². The summed E-state index contributed by atoms with van der Waals surface area (Å²) in [5.41, 5.74) is 6.42. The molecule has 0 saturated heterocycles. The van der Waals surface area contributed by atoms with Crippen LogP contribution in [0.25, 0.3) is 85.3 Å². The summed E-state index contributed by atoms with van der Waals surface area (Å²) in [4.78, 5) is 0. The fourth-order valence-electron chi connectivity index (χ4n) is 6.30. The number of aromatic hydroxyl groups is 1. The zero-order valence-corrected chi connectivity index (χ0v) is 25.9. The molecule has 6 heterocycles. The topological polar surface area (TPSA) is 25.2 Å². The third-order valence-electron chi connectivity index (χ3n) is 8.23. The molecule has 2 nitrogen and oxygen atoms in total. The van der Waals surface area contributed by atoms with Gasteiger partial charge < -0.3 is 9.67 Å². The summed E-state index contributed by atoms with van der Waals surface area (Å²) < 4.78 is 16.0. The Morgan fingerprint density at radius 1 is 0.488 bits per heavy atom. The van der Waals surface area contributed by atoms with E-state index in [-0.39, 0.29) is 0 Å². The van der Waals surface area contributed by atoms with Gasteiger partial charge >= 0.3 is 0 Å². The lowest BCUT2D eigenvalue weighted by atomic mass is 10.2. The number of phenolic OH excluding ortho intramolecular Hbond substituents is 1. The molecule has 7 heteroatoms. The molecule has 0 atom stereocenters. The molecule has 196 valence electrons. The van der Waals surface area contributed by atoms with Crippen molar-refractivity contribution in [2.75, 3.05) is 0 Å². The van der Waals surface area contributed by atoms with Crippen LogP contribution in [0.1, 0.15) is 11.1 Å². The van der Waals surface area contributed by atoms with Crippen LogP contribution in [0.5, 0.6) is 5.75 Å². The van der Waals surface area contributed by atoms with E-state index in [4.69, 9.17) is 0 Å². The highest BCUT2D eigenvalue weighted by atomic mass is 32.1. The lowest BCUT2D eigenvalue weighted by molar-refractivity contribution is 0.476. The van der Waals surface area contributed by atoms with Crippen LogP contribution in [0.15, 0.2) is 72.8 Å². The van der Waals surface area contributed by atoms with Crippen molar-refractivity contribution in [1.29, 1.82) is 0 Å². The molecule has 0 fully saturated rings. The minimum atomic E-state index is 0.338. The number of nitrogens with zero attached hydrogens (tertiary/aromatic N) is 1. The number of aromatic nitrogens is 1. The monoisotopic (exact) mass is 617 g/mol. The number of hydrogen-bond donors (Lipinski definition) is 1. The molecule has 10 rings (SSSR count). The number of benzene rings is 4. The molecule has 0 bridgehead atoms. The van der Waals surface area contributed by atoms with Crippen LogP contribution < -0.4 is 0 Å². The van der Waals surface area contributed by atoms with Gasteiger partial charge in [0.2, 0.25) is 0 Å². The van der Waals surface area contributed by atoms with Crippen LogP contribution in [-0.2, 0) is 0 Å². The first-order chi connectivity index (χ1) is 20.0. The Morgan fingerprint density at radius 3 is 1.83 bits per heavy atom. The van der Waals surface area contributed by atoms with Gasteiger partial charge in [-0.25, -0.2) is 0 Å². The van der Waals surface area contributed by atoms with E-state index in [2.05, 4.69) is 79.1 Å². The van der Waals surface area contributed by atoms with Gasteiger partial charge in [0.25, 0.3) is 0 Å². The van der Waals surface area contributed by atoms with Crippen LogP contribution in [0.4, 0.5) is 0 Å². The molecular weight excluding hydrogens is 599 g/mol. The molecule has 0 unspecified atom stereocenters. The van der Waals surface area contributed by atoms with E-state index in [1.54, 1.807) is 17.4 Å². The third-order valence-corrected chi connectivity index (χ3v) is 14.8. The Labute approximate surface area is 253 Å². The molecule has 0 radical (unpaired) electrons. The van der Waals surface area contributed by atoms with Crippen molar-refractivity contribution in [2.45, 2.75) is 13.8 Å². The van der Waals surface area contributed by atoms with Crippen molar-refractivity contribution < 1.29 is 5.11 Å². The predicted octanol–water partition coefficient (Wildman–Crippen LogP) is 12.3. The minimum Gasteiger partial charge on any atom is -0.508 e. The maximum atomic E-state index is 10.0. The van der Waals surface area contributed by atoms with Crippen LogP contribution >= 0.6 is 56.7 Å². The largest absolute Gasteiger partial charge is 0.508 e. The molecule has 0 amide bonds. The van der Waals surface area contributed by atoms with Gasteiger partial charge in [-0.3, -0.25) is 0 Å². The van der Waals surface area contributed by atoms with E-state index in [1.807, 2.05) is 51.4 Å². The summed E-state index contributed by atoms with van der Waals surface area (Å²) in [6.07, 6.45) is 0. The summed E-state index contributed by atoms with van der Waals surface area (Å²) in [5, 5.41) is 15.3. The highest BCUT2D eigenvalue weighted by Gasteiger charge is 2.23. The highest BCUT2D eigenvalue weighted by Crippen LogP contribution is 2.53. The molecule has 1 N–H and O–H groups in total. The van der Waals surface area contributed by atoms with Crippen molar-refractivity contribution in [2.24, 2.45) is 0 Å². The third kappa shape index (κ3) is 3.00. The van der Waals surface area contributed by atoms with Gasteiger partial charge in [0.1, 0.15) is 5.75 Å². The average Bonchev–Trinajstić information content (AvgIpc) is 3.77. The molecule has 0 aliphatic heterocycles. The SMILES string of the molecule is Cc1ccc(-n2c3cc(C)ccc3c3sc4c5cc6sc7c(sc8c9ccc(O)cc9sc87)c6cc5sc4c32)cc1. The number of aryl methyl sites for hydroxylation is 2. The zero-order valence-electron chi connectivity index (χ0n) is 21.9. The van der Waals surface area contributed by atoms with E-state index in [0.29, 0.717) is 5.75 Å². The van der Waals surface area contributed by atoms with Gasteiger partial charge in [0.15, 0.2) is 0 Å².